The number of aromatic amines is 1. The molecule has 1 heterocycles. The largest absolute Gasteiger partial charge is 0.341 e. The van der Waals surface area contributed by atoms with Crippen molar-refractivity contribution in [3.05, 3.63) is 4.77 Å². The second kappa shape index (κ2) is 6.36. The molecule has 1 fully saturated rings. The van der Waals surface area contributed by atoms with Gasteiger partial charge in [-0.3, -0.25) is 4.57 Å². The maximum absolute atomic E-state index is 5.35. The van der Waals surface area contributed by atoms with Crippen LogP contribution in [0.15, 0.2) is 0 Å². The average molecular weight is 268 g/mol. The number of hydrogen-bond acceptors (Lipinski definition) is 3. The number of hydrogen-bond donors (Lipinski definition) is 1. The summed E-state index contributed by atoms with van der Waals surface area (Å²) in [6, 6.07) is 0.594. The lowest BCUT2D eigenvalue weighted by atomic mass is 10.3. The Morgan fingerprint density at radius 2 is 1.89 bits per heavy atom. The van der Waals surface area contributed by atoms with Crippen molar-refractivity contribution in [2.75, 3.05) is 18.0 Å². The first-order valence-corrected chi connectivity index (χ1v) is 7.60. The molecule has 1 saturated carbocycles. The lowest BCUT2D eigenvalue weighted by molar-refractivity contribution is 0.629. The molecule has 5 heteroatoms. The Labute approximate surface area is 114 Å². The lowest BCUT2D eigenvalue weighted by Gasteiger charge is -2.23. The molecule has 18 heavy (non-hydrogen) atoms. The first-order chi connectivity index (χ1) is 8.77. The van der Waals surface area contributed by atoms with Crippen LogP contribution in [0.1, 0.15) is 58.4 Å². The Morgan fingerprint density at radius 1 is 1.28 bits per heavy atom. The van der Waals surface area contributed by atoms with Gasteiger partial charge in [0.1, 0.15) is 0 Å². The van der Waals surface area contributed by atoms with E-state index in [1.54, 1.807) is 0 Å². The summed E-state index contributed by atoms with van der Waals surface area (Å²) >= 11 is 5.35. The molecule has 0 spiro atoms. The van der Waals surface area contributed by atoms with Crippen LogP contribution < -0.4 is 4.90 Å². The molecule has 0 atom stereocenters. The summed E-state index contributed by atoms with van der Waals surface area (Å²) in [4.78, 5) is 2.40. The zero-order valence-corrected chi connectivity index (χ0v) is 12.3. The SMILES string of the molecule is CCCCN(CCCC)c1n[nH]c(=S)n1C1CC1. The Kier molecular flexibility index (Phi) is 4.80. The molecule has 0 saturated heterocycles. The maximum Gasteiger partial charge on any atom is 0.225 e. The minimum Gasteiger partial charge on any atom is -0.341 e. The molecule has 0 aliphatic heterocycles. The highest BCUT2D eigenvalue weighted by Crippen LogP contribution is 2.37. The first-order valence-electron chi connectivity index (χ1n) is 7.19. The van der Waals surface area contributed by atoms with Crippen molar-refractivity contribution in [2.45, 2.75) is 58.4 Å². The Hall–Kier alpha value is -0.840. The van der Waals surface area contributed by atoms with Crippen molar-refractivity contribution in [3.63, 3.8) is 0 Å². The molecular formula is C13H24N4S. The standard InChI is InChI=1S/C13H24N4S/c1-3-5-9-16(10-6-4-2)12-14-15-13(18)17(12)11-7-8-11/h11H,3-10H2,1-2H3,(H,15,18). The van der Waals surface area contributed by atoms with Gasteiger partial charge in [0.15, 0.2) is 4.77 Å². The van der Waals surface area contributed by atoms with Gasteiger partial charge in [0.25, 0.3) is 0 Å². The van der Waals surface area contributed by atoms with Crippen molar-refractivity contribution < 1.29 is 0 Å². The van der Waals surface area contributed by atoms with E-state index >= 15 is 0 Å². The van der Waals surface area contributed by atoms with Gasteiger partial charge in [-0.2, -0.15) is 0 Å². The molecule has 1 N–H and O–H groups in total. The van der Waals surface area contributed by atoms with Gasteiger partial charge in [-0.15, -0.1) is 5.10 Å². The highest BCUT2D eigenvalue weighted by atomic mass is 32.1. The quantitative estimate of drug-likeness (QED) is 0.731. The zero-order valence-electron chi connectivity index (χ0n) is 11.5. The summed E-state index contributed by atoms with van der Waals surface area (Å²) in [5.74, 6) is 1.06. The summed E-state index contributed by atoms with van der Waals surface area (Å²) < 4.78 is 3.01. The predicted molar refractivity (Wildman–Crippen MR) is 77.7 cm³/mol. The van der Waals surface area contributed by atoms with Crippen LogP contribution in [0.5, 0.6) is 0 Å². The van der Waals surface area contributed by atoms with Crippen molar-refractivity contribution in [2.24, 2.45) is 0 Å². The minimum absolute atomic E-state index is 0.594. The Balaban J connectivity index is 2.15. The number of anilines is 1. The number of unbranched alkanes of at least 4 members (excludes halogenated alkanes) is 2. The molecule has 102 valence electrons. The van der Waals surface area contributed by atoms with E-state index in [0.29, 0.717) is 6.04 Å². The van der Waals surface area contributed by atoms with Crippen molar-refractivity contribution in [1.82, 2.24) is 14.8 Å². The van der Waals surface area contributed by atoms with E-state index < -0.39 is 0 Å². The van der Waals surface area contributed by atoms with E-state index in [2.05, 4.69) is 33.5 Å². The van der Waals surface area contributed by atoms with Crippen LogP contribution in [-0.2, 0) is 0 Å². The van der Waals surface area contributed by atoms with Crippen LogP contribution in [0.2, 0.25) is 0 Å². The second-order valence-electron chi connectivity index (χ2n) is 5.12. The van der Waals surface area contributed by atoms with Crippen molar-refractivity contribution >= 4 is 18.2 Å². The van der Waals surface area contributed by atoms with E-state index in [0.717, 1.165) is 23.8 Å². The van der Waals surface area contributed by atoms with Gasteiger partial charge < -0.3 is 4.90 Å². The first kappa shape index (κ1) is 13.6. The molecule has 1 aromatic heterocycles. The second-order valence-corrected chi connectivity index (χ2v) is 5.51. The topological polar surface area (TPSA) is 36.9 Å². The van der Waals surface area contributed by atoms with Crippen molar-refractivity contribution in [1.29, 1.82) is 0 Å². The van der Waals surface area contributed by atoms with Gasteiger partial charge >= 0.3 is 0 Å². The summed E-state index contributed by atoms with van der Waals surface area (Å²) in [5.41, 5.74) is 0. The maximum atomic E-state index is 5.35. The van der Waals surface area contributed by atoms with Crippen LogP contribution in [0.25, 0.3) is 0 Å². The molecule has 4 nitrogen and oxygen atoms in total. The summed E-state index contributed by atoms with van der Waals surface area (Å²) in [6.45, 7) is 6.64. The number of aromatic nitrogens is 3. The monoisotopic (exact) mass is 268 g/mol. The average Bonchev–Trinajstić information content (AvgIpc) is 3.13. The fourth-order valence-corrected chi connectivity index (χ4v) is 2.47. The zero-order chi connectivity index (χ0) is 13.0. The van der Waals surface area contributed by atoms with Gasteiger partial charge in [-0.1, -0.05) is 26.7 Å². The third-order valence-corrected chi connectivity index (χ3v) is 3.73. The normalized spacial score (nSPS) is 15.0. The van der Waals surface area contributed by atoms with Crippen LogP contribution in [0, 0.1) is 4.77 Å². The van der Waals surface area contributed by atoms with E-state index in [4.69, 9.17) is 12.2 Å². The Morgan fingerprint density at radius 3 is 2.39 bits per heavy atom. The molecule has 0 aromatic carbocycles. The number of nitrogens with one attached hydrogen (secondary N) is 1. The van der Waals surface area contributed by atoms with E-state index in [9.17, 15) is 0 Å². The van der Waals surface area contributed by atoms with Crippen LogP contribution in [-0.4, -0.2) is 27.9 Å². The molecule has 0 bridgehead atoms. The van der Waals surface area contributed by atoms with Crippen LogP contribution >= 0.6 is 12.2 Å². The molecule has 0 radical (unpaired) electrons. The van der Waals surface area contributed by atoms with Gasteiger partial charge in [0, 0.05) is 19.1 Å². The third-order valence-electron chi connectivity index (χ3n) is 3.44. The summed E-state index contributed by atoms with van der Waals surface area (Å²) in [7, 11) is 0. The summed E-state index contributed by atoms with van der Waals surface area (Å²) in [6.07, 6.45) is 7.36. The predicted octanol–water partition coefficient (Wildman–Crippen LogP) is 3.68. The molecule has 1 aromatic rings. The molecule has 1 aliphatic carbocycles. The molecule has 0 amide bonds. The fourth-order valence-electron chi connectivity index (χ4n) is 2.19. The van der Waals surface area contributed by atoms with E-state index in [1.165, 1.54) is 38.5 Å². The van der Waals surface area contributed by atoms with Gasteiger partial charge in [0.05, 0.1) is 0 Å². The Bertz CT molecular complexity index is 411. The molecular weight excluding hydrogens is 244 g/mol. The number of nitrogens with zero attached hydrogens (tertiary/aromatic N) is 3. The van der Waals surface area contributed by atoms with E-state index in [1.807, 2.05) is 0 Å². The van der Waals surface area contributed by atoms with Crippen LogP contribution in [0.4, 0.5) is 5.95 Å². The molecule has 2 rings (SSSR count). The highest BCUT2D eigenvalue weighted by Gasteiger charge is 2.28. The lowest BCUT2D eigenvalue weighted by Crippen LogP contribution is -2.28. The highest BCUT2D eigenvalue weighted by molar-refractivity contribution is 7.71. The minimum atomic E-state index is 0.594. The van der Waals surface area contributed by atoms with Gasteiger partial charge in [0.2, 0.25) is 5.95 Å². The smallest absolute Gasteiger partial charge is 0.225 e. The van der Waals surface area contributed by atoms with E-state index in [-0.39, 0.29) is 0 Å². The number of rotatable bonds is 8. The fraction of sp³-hybridized carbons (Fsp3) is 0.846. The molecule has 0 unspecified atom stereocenters. The molecule has 1 aliphatic rings. The third kappa shape index (κ3) is 3.13. The van der Waals surface area contributed by atoms with Crippen LogP contribution in [0.3, 0.4) is 0 Å². The van der Waals surface area contributed by atoms with Gasteiger partial charge in [-0.05, 0) is 37.9 Å². The summed E-state index contributed by atoms with van der Waals surface area (Å²) in [5, 5.41) is 7.42. The van der Waals surface area contributed by atoms with Gasteiger partial charge in [-0.25, -0.2) is 5.10 Å². The van der Waals surface area contributed by atoms with Crippen molar-refractivity contribution in [3.8, 4) is 0 Å². The number of H-pyrrole nitrogens is 1.